The lowest BCUT2D eigenvalue weighted by atomic mass is 10.1. The Morgan fingerprint density at radius 2 is 2.33 bits per heavy atom. The second-order valence-electron chi connectivity index (χ2n) is 3.14. The zero-order valence-corrected chi connectivity index (χ0v) is 8.40. The van der Waals surface area contributed by atoms with Crippen LogP contribution < -0.4 is 4.90 Å². The van der Waals surface area contributed by atoms with Crippen LogP contribution in [0.25, 0.3) is 0 Å². The van der Waals surface area contributed by atoms with Gasteiger partial charge in [0, 0.05) is 13.6 Å². The summed E-state index contributed by atoms with van der Waals surface area (Å²) in [6.07, 6.45) is 1.65. The smallest absolute Gasteiger partial charge is 0.337 e. The quantitative estimate of drug-likeness (QED) is 0.772. The van der Waals surface area contributed by atoms with Gasteiger partial charge in [-0.2, -0.15) is 0 Å². The van der Waals surface area contributed by atoms with Crippen LogP contribution in [0.2, 0.25) is 0 Å². The van der Waals surface area contributed by atoms with Crippen LogP contribution in [0.5, 0.6) is 0 Å². The molecule has 0 heterocycles. The van der Waals surface area contributed by atoms with Crippen molar-refractivity contribution in [3.63, 3.8) is 0 Å². The van der Waals surface area contributed by atoms with Crippen LogP contribution in [0.3, 0.4) is 0 Å². The highest BCUT2D eigenvalue weighted by Gasteiger charge is 2.13. The van der Waals surface area contributed by atoms with Crippen molar-refractivity contribution in [3.05, 3.63) is 42.2 Å². The topological polar surface area (TPSA) is 40.5 Å². The second kappa shape index (κ2) is 4.59. The van der Waals surface area contributed by atoms with Gasteiger partial charge in [0.1, 0.15) is 5.82 Å². The number of hydrogen-bond donors (Lipinski definition) is 1. The van der Waals surface area contributed by atoms with Crippen LogP contribution in [0.1, 0.15) is 10.4 Å². The molecule has 0 spiro atoms. The normalized spacial score (nSPS) is 9.73. The van der Waals surface area contributed by atoms with Crippen molar-refractivity contribution in [1.29, 1.82) is 0 Å². The molecule has 1 N–H and O–H groups in total. The Hall–Kier alpha value is -1.84. The Bertz CT molecular complexity index is 390. The molecule has 1 rings (SSSR count). The number of carbonyl (C=O) groups is 1. The molecule has 1 aromatic carbocycles. The summed E-state index contributed by atoms with van der Waals surface area (Å²) in [6, 6.07) is 3.70. The van der Waals surface area contributed by atoms with Gasteiger partial charge in [-0.1, -0.05) is 6.08 Å². The van der Waals surface area contributed by atoms with E-state index < -0.39 is 11.8 Å². The number of hydrogen-bond acceptors (Lipinski definition) is 2. The van der Waals surface area contributed by atoms with Gasteiger partial charge in [0.25, 0.3) is 0 Å². The summed E-state index contributed by atoms with van der Waals surface area (Å²) in [5.74, 6) is -1.69. The van der Waals surface area contributed by atoms with Crippen LogP contribution >= 0.6 is 0 Å². The minimum absolute atomic E-state index is 0.0423. The van der Waals surface area contributed by atoms with Crippen molar-refractivity contribution in [2.24, 2.45) is 0 Å². The molecule has 0 radical (unpaired) electrons. The minimum atomic E-state index is -1.14. The largest absolute Gasteiger partial charge is 0.478 e. The van der Waals surface area contributed by atoms with Crippen LogP contribution in [0.4, 0.5) is 10.1 Å². The zero-order valence-electron chi connectivity index (χ0n) is 8.40. The molecule has 1 aromatic rings. The first kappa shape index (κ1) is 11.2. The van der Waals surface area contributed by atoms with Gasteiger partial charge in [0.05, 0.1) is 11.3 Å². The molecule has 0 aliphatic carbocycles. The number of carboxylic acid groups (broad SMARTS) is 1. The van der Waals surface area contributed by atoms with Crippen molar-refractivity contribution in [1.82, 2.24) is 0 Å². The predicted octanol–water partition coefficient (Wildman–Crippen LogP) is 2.15. The van der Waals surface area contributed by atoms with E-state index in [-0.39, 0.29) is 5.56 Å². The average Bonchev–Trinajstić information content (AvgIpc) is 2.17. The number of likely N-dealkylation sites (N-methyl/N-ethyl adjacent to an activating group) is 1. The van der Waals surface area contributed by atoms with Gasteiger partial charge in [0.2, 0.25) is 0 Å². The van der Waals surface area contributed by atoms with Gasteiger partial charge < -0.3 is 10.0 Å². The van der Waals surface area contributed by atoms with Gasteiger partial charge in [-0.05, 0) is 18.2 Å². The van der Waals surface area contributed by atoms with Crippen molar-refractivity contribution < 1.29 is 14.3 Å². The number of benzene rings is 1. The van der Waals surface area contributed by atoms with Crippen LogP contribution in [-0.4, -0.2) is 24.7 Å². The summed E-state index contributed by atoms with van der Waals surface area (Å²) in [4.78, 5) is 12.6. The second-order valence-corrected chi connectivity index (χ2v) is 3.14. The molecule has 0 fully saturated rings. The first-order valence-electron chi connectivity index (χ1n) is 4.41. The lowest BCUT2D eigenvalue weighted by molar-refractivity contribution is 0.0697. The molecule has 0 bridgehead atoms. The Labute approximate surface area is 87.4 Å². The Morgan fingerprint density at radius 3 is 2.87 bits per heavy atom. The molecule has 0 aliphatic heterocycles. The summed E-state index contributed by atoms with van der Waals surface area (Å²) in [6.45, 7) is 4.06. The van der Waals surface area contributed by atoms with E-state index in [1.807, 2.05) is 0 Å². The van der Waals surface area contributed by atoms with Gasteiger partial charge in [-0.3, -0.25) is 0 Å². The van der Waals surface area contributed by atoms with E-state index in [1.54, 1.807) is 18.0 Å². The number of anilines is 1. The standard InChI is InChI=1S/C11H12FNO2/c1-3-6-13(2)10-5-4-8(12)7-9(10)11(14)15/h3-5,7H,1,6H2,2H3,(H,14,15). The van der Waals surface area contributed by atoms with E-state index in [0.717, 1.165) is 6.07 Å². The summed E-state index contributed by atoms with van der Waals surface area (Å²) >= 11 is 0. The van der Waals surface area contributed by atoms with Gasteiger partial charge >= 0.3 is 5.97 Å². The molecule has 80 valence electrons. The predicted molar refractivity (Wildman–Crippen MR) is 56.8 cm³/mol. The fraction of sp³-hybridized carbons (Fsp3) is 0.182. The first-order valence-corrected chi connectivity index (χ1v) is 4.41. The molecular weight excluding hydrogens is 197 g/mol. The molecule has 0 aliphatic rings. The number of rotatable bonds is 4. The third-order valence-electron chi connectivity index (χ3n) is 2.00. The summed E-state index contributed by atoms with van der Waals surface area (Å²) in [5, 5.41) is 8.89. The van der Waals surface area contributed by atoms with Gasteiger partial charge in [-0.15, -0.1) is 6.58 Å². The molecule has 0 saturated carbocycles. The SMILES string of the molecule is C=CCN(C)c1ccc(F)cc1C(=O)O. The molecular formula is C11H12FNO2. The zero-order chi connectivity index (χ0) is 11.4. The van der Waals surface area contributed by atoms with E-state index >= 15 is 0 Å². The summed E-state index contributed by atoms with van der Waals surface area (Å²) < 4.78 is 12.9. The fourth-order valence-corrected chi connectivity index (χ4v) is 1.30. The molecule has 0 amide bonds. The Morgan fingerprint density at radius 1 is 1.67 bits per heavy atom. The van der Waals surface area contributed by atoms with Crippen molar-refractivity contribution >= 4 is 11.7 Å². The third kappa shape index (κ3) is 2.56. The van der Waals surface area contributed by atoms with Crippen LogP contribution in [-0.2, 0) is 0 Å². The lowest BCUT2D eigenvalue weighted by Crippen LogP contribution is -2.19. The fourth-order valence-electron chi connectivity index (χ4n) is 1.30. The number of nitrogens with zero attached hydrogens (tertiary/aromatic N) is 1. The van der Waals surface area contributed by atoms with Crippen molar-refractivity contribution in [2.75, 3.05) is 18.5 Å². The average molecular weight is 209 g/mol. The Kier molecular flexibility index (Phi) is 3.44. The van der Waals surface area contributed by atoms with Gasteiger partial charge in [-0.25, -0.2) is 9.18 Å². The van der Waals surface area contributed by atoms with Crippen molar-refractivity contribution in [3.8, 4) is 0 Å². The summed E-state index contributed by atoms with van der Waals surface area (Å²) in [7, 11) is 1.72. The molecule has 4 heteroatoms. The summed E-state index contributed by atoms with van der Waals surface area (Å²) in [5.41, 5.74) is 0.433. The molecule has 0 saturated heterocycles. The van der Waals surface area contributed by atoms with E-state index in [0.29, 0.717) is 12.2 Å². The lowest BCUT2D eigenvalue weighted by Gasteiger charge is -2.19. The number of halogens is 1. The highest BCUT2D eigenvalue weighted by molar-refractivity contribution is 5.94. The number of carboxylic acids is 1. The van der Waals surface area contributed by atoms with E-state index in [1.165, 1.54) is 12.1 Å². The maximum absolute atomic E-state index is 12.9. The minimum Gasteiger partial charge on any atom is -0.478 e. The highest BCUT2D eigenvalue weighted by atomic mass is 19.1. The van der Waals surface area contributed by atoms with Crippen LogP contribution in [0.15, 0.2) is 30.9 Å². The Balaban J connectivity index is 3.16. The number of aromatic carboxylic acids is 1. The maximum atomic E-state index is 12.9. The van der Waals surface area contributed by atoms with E-state index in [4.69, 9.17) is 5.11 Å². The maximum Gasteiger partial charge on any atom is 0.337 e. The molecule has 0 atom stereocenters. The van der Waals surface area contributed by atoms with E-state index in [2.05, 4.69) is 6.58 Å². The molecule has 0 aromatic heterocycles. The van der Waals surface area contributed by atoms with Gasteiger partial charge in [0.15, 0.2) is 0 Å². The molecule has 0 unspecified atom stereocenters. The van der Waals surface area contributed by atoms with Crippen molar-refractivity contribution in [2.45, 2.75) is 0 Å². The molecule has 15 heavy (non-hydrogen) atoms. The molecule has 3 nitrogen and oxygen atoms in total. The first-order chi connectivity index (χ1) is 7.06. The van der Waals surface area contributed by atoms with Crippen LogP contribution in [0, 0.1) is 5.82 Å². The third-order valence-corrected chi connectivity index (χ3v) is 2.00. The monoisotopic (exact) mass is 209 g/mol. The highest BCUT2D eigenvalue weighted by Crippen LogP contribution is 2.20. The van der Waals surface area contributed by atoms with E-state index in [9.17, 15) is 9.18 Å².